The lowest BCUT2D eigenvalue weighted by Gasteiger charge is -2.30. The summed E-state index contributed by atoms with van der Waals surface area (Å²) in [7, 11) is 0. The van der Waals surface area contributed by atoms with Crippen LogP contribution in [-0.4, -0.2) is 39.0 Å². The third-order valence-corrected chi connectivity index (χ3v) is 4.96. The molecule has 22 heavy (non-hydrogen) atoms. The normalized spacial score (nSPS) is 24.3. The topological polar surface area (TPSA) is 66.3 Å². The van der Waals surface area contributed by atoms with Gasteiger partial charge in [0, 0.05) is 37.0 Å². The Kier molecular flexibility index (Phi) is 5.03. The smallest absolute Gasteiger partial charge is 0.307 e. The van der Waals surface area contributed by atoms with E-state index in [0.29, 0.717) is 12.5 Å². The fraction of sp³-hybridized carbons (Fsp3) is 0.706. The van der Waals surface area contributed by atoms with Crippen LogP contribution < -0.4 is 0 Å². The Morgan fingerprint density at radius 2 is 1.86 bits per heavy atom. The first-order valence-corrected chi connectivity index (χ1v) is 8.48. The van der Waals surface area contributed by atoms with Crippen molar-refractivity contribution < 1.29 is 9.90 Å². The molecule has 2 fully saturated rings. The van der Waals surface area contributed by atoms with Crippen LogP contribution in [0.4, 0.5) is 0 Å². The molecule has 0 radical (unpaired) electrons. The summed E-state index contributed by atoms with van der Waals surface area (Å²) in [5.74, 6) is 0.629. The van der Waals surface area contributed by atoms with Crippen LogP contribution in [0.5, 0.6) is 0 Å². The van der Waals surface area contributed by atoms with Crippen LogP contribution in [0.3, 0.4) is 0 Å². The van der Waals surface area contributed by atoms with Gasteiger partial charge in [-0.25, -0.2) is 9.97 Å². The molecule has 0 amide bonds. The quantitative estimate of drug-likeness (QED) is 0.926. The lowest BCUT2D eigenvalue weighted by atomic mass is 9.89. The third-order valence-electron chi connectivity index (χ3n) is 4.96. The number of carbonyl (C=O) groups is 1. The molecule has 1 N–H and O–H groups in total. The summed E-state index contributed by atoms with van der Waals surface area (Å²) in [6, 6.07) is 0. The van der Waals surface area contributed by atoms with Gasteiger partial charge in [0.05, 0.1) is 5.92 Å². The molecule has 1 atom stereocenters. The summed E-state index contributed by atoms with van der Waals surface area (Å²) in [5, 5.41) is 9.15. The van der Waals surface area contributed by atoms with Gasteiger partial charge in [0.15, 0.2) is 0 Å². The summed E-state index contributed by atoms with van der Waals surface area (Å²) >= 11 is 0. The summed E-state index contributed by atoms with van der Waals surface area (Å²) in [4.78, 5) is 22.5. The van der Waals surface area contributed by atoms with Gasteiger partial charge in [-0.15, -0.1) is 0 Å². The molecule has 3 rings (SSSR count). The minimum atomic E-state index is -0.673. The highest BCUT2D eigenvalue weighted by molar-refractivity contribution is 5.70. The van der Waals surface area contributed by atoms with E-state index in [1.165, 1.54) is 32.1 Å². The van der Waals surface area contributed by atoms with Crippen molar-refractivity contribution in [2.75, 3.05) is 13.1 Å². The van der Waals surface area contributed by atoms with Gasteiger partial charge in [-0.2, -0.15) is 0 Å². The molecule has 120 valence electrons. The van der Waals surface area contributed by atoms with Crippen molar-refractivity contribution in [1.29, 1.82) is 0 Å². The molecule has 0 aromatic carbocycles. The number of aliphatic carboxylic acids is 1. The van der Waals surface area contributed by atoms with Crippen LogP contribution in [0.1, 0.15) is 62.3 Å². The summed E-state index contributed by atoms with van der Waals surface area (Å²) in [5.41, 5.74) is 1.09. The van der Waals surface area contributed by atoms with Crippen LogP contribution in [0.25, 0.3) is 0 Å². The maximum absolute atomic E-state index is 11.1. The SMILES string of the molecule is O=C(O)C1CCCN(Cc2cnc(C3CCCCC3)nc2)C1. The van der Waals surface area contributed by atoms with E-state index in [-0.39, 0.29) is 5.92 Å². The maximum Gasteiger partial charge on any atom is 0.307 e. The molecule has 1 aromatic heterocycles. The Morgan fingerprint density at radius 3 is 2.55 bits per heavy atom. The van der Waals surface area contributed by atoms with Crippen molar-refractivity contribution in [2.24, 2.45) is 5.92 Å². The molecular formula is C17H25N3O2. The van der Waals surface area contributed by atoms with E-state index < -0.39 is 5.97 Å². The fourth-order valence-corrected chi connectivity index (χ4v) is 3.68. The van der Waals surface area contributed by atoms with E-state index in [9.17, 15) is 4.79 Å². The van der Waals surface area contributed by atoms with E-state index in [1.54, 1.807) is 0 Å². The molecule has 5 nitrogen and oxygen atoms in total. The van der Waals surface area contributed by atoms with Crippen LogP contribution in [0, 0.1) is 5.92 Å². The number of piperidine rings is 1. The maximum atomic E-state index is 11.1. The number of likely N-dealkylation sites (tertiary alicyclic amines) is 1. The Morgan fingerprint density at radius 1 is 1.14 bits per heavy atom. The van der Waals surface area contributed by atoms with Gasteiger partial charge in [0.25, 0.3) is 0 Å². The predicted molar refractivity (Wildman–Crippen MR) is 83.5 cm³/mol. The second-order valence-electron chi connectivity index (χ2n) is 6.70. The zero-order valence-electron chi connectivity index (χ0n) is 13.1. The molecule has 1 saturated heterocycles. The highest BCUT2D eigenvalue weighted by Crippen LogP contribution is 2.30. The van der Waals surface area contributed by atoms with E-state index in [0.717, 1.165) is 37.3 Å². The Balaban J connectivity index is 1.57. The van der Waals surface area contributed by atoms with Crippen molar-refractivity contribution in [3.05, 3.63) is 23.8 Å². The van der Waals surface area contributed by atoms with E-state index >= 15 is 0 Å². The van der Waals surface area contributed by atoms with Crippen molar-refractivity contribution >= 4 is 5.97 Å². The number of aromatic nitrogens is 2. The van der Waals surface area contributed by atoms with E-state index in [1.807, 2.05) is 12.4 Å². The van der Waals surface area contributed by atoms with Crippen molar-refractivity contribution in [2.45, 2.75) is 57.4 Å². The minimum Gasteiger partial charge on any atom is -0.481 e. The Bertz CT molecular complexity index is 497. The van der Waals surface area contributed by atoms with E-state index in [2.05, 4.69) is 14.9 Å². The van der Waals surface area contributed by atoms with Gasteiger partial charge >= 0.3 is 5.97 Å². The number of hydrogen-bond donors (Lipinski definition) is 1. The first-order chi connectivity index (χ1) is 10.7. The number of rotatable bonds is 4. The molecule has 1 saturated carbocycles. The highest BCUT2D eigenvalue weighted by Gasteiger charge is 2.25. The monoisotopic (exact) mass is 303 g/mol. The van der Waals surface area contributed by atoms with Crippen LogP contribution in [-0.2, 0) is 11.3 Å². The highest BCUT2D eigenvalue weighted by atomic mass is 16.4. The summed E-state index contributed by atoms with van der Waals surface area (Å²) in [6.45, 7) is 2.36. The zero-order valence-corrected chi connectivity index (χ0v) is 13.1. The molecule has 1 aromatic rings. The van der Waals surface area contributed by atoms with Gasteiger partial charge in [0.1, 0.15) is 5.82 Å². The predicted octanol–water partition coefficient (Wildman–Crippen LogP) is 2.82. The Hall–Kier alpha value is -1.49. The summed E-state index contributed by atoms with van der Waals surface area (Å²) in [6.07, 6.45) is 12.0. The average Bonchev–Trinajstić information content (AvgIpc) is 2.56. The number of hydrogen-bond acceptors (Lipinski definition) is 4. The number of carboxylic acid groups (broad SMARTS) is 1. The standard InChI is InChI=1S/C17H25N3O2/c21-17(22)15-7-4-8-20(12-15)11-13-9-18-16(19-10-13)14-5-2-1-3-6-14/h9-10,14-15H,1-8,11-12H2,(H,21,22). The number of nitrogens with zero attached hydrogens (tertiary/aromatic N) is 3. The van der Waals surface area contributed by atoms with Gasteiger partial charge in [0.2, 0.25) is 0 Å². The molecule has 2 aliphatic rings. The third kappa shape index (κ3) is 3.83. The van der Waals surface area contributed by atoms with Crippen LogP contribution in [0.15, 0.2) is 12.4 Å². The molecule has 1 aliphatic carbocycles. The van der Waals surface area contributed by atoms with Gasteiger partial charge < -0.3 is 5.11 Å². The molecule has 5 heteroatoms. The van der Waals surface area contributed by atoms with E-state index in [4.69, 9.17) is 5.11 Å². The second-order valence-corrected chi connectivity index (χ2v) is 6.70. The van der Waals surface area contributed by atoms with Gasteiger partial charge in [-0.05, 0) is 32.2 Å². The van der Waals surface area contributed by atoms with Crippen molar-refractivity contribution in [3.63, 3.8) is 0 Å². The first-order valence-electron chi connectivity index (χ1n) is 8.48. The molecule has 2 heterocycles. The first kappa shape index (κ1) is 15.4. The van der Waals surface area contributed by atoms with Crippen LogP contribution >= 0.6 is 0 Å². The zero-order chi connectivity index (χ0) is 15.4. The molecular weight excluding hydrogens is 278 g/mol. The van der Waals surface area contributed by atoms with Crippen molar-refractivity contribution in [3.8, 4) is 0 Å². The van der Waals surface area contributed by atoms with Crippen LogP contribution in [0.2, 0.25) is 0 Å². The lowest BCUT2D eigenvalue weighted by Crippen LogP contribution is -2.38. The van der Waals surface area contributed by atoms with Gasteiger partial charge in [-0.1, -0.05) is 19.3 Å². The summed E-state index contributed by atoms with van der Waals surface area (Å²) < 4.78 is 0. The second kappa shape index (κ2) is 7.18. The lowest BCUT2D eigenvalue weighted by molar-refractivity contribution is -0.143. The molecule has 0 spiro atoms. The largest absolute Gasteiger partial charge is 0.481 e. The molecule has 0 bridgehead atoms. The van der Waals surface area contributed by atoms with Gasteiger partial charge in [-0.3, -0.25) is 9.69 Å². The Labute approximate surface area is 131 Å². The average molecular weight is 303 g/mol. The molecule has 1 unspecified atom stereocenters. The molecule has 1 aliphatic heterocycles. The van der Waals surface area contributed by atoms with Crippen molar-refractivity contribution in [1.82, 2.24) is 14.9 Å². The minimum absolute atomic E-state index is 0.226. The fourth-order valence-electron chi connectivity index (χ4n) is 3.68. The number of carboxylic acids is 1.